The number of nitro benzene ring substituents is 1. The molecule has 156 valence electrons. The molecule has 0 fully saturated rings. The van der Waals surface area contributed by atoms with Crippen molar-refractivity contribution in [2.24, 2.45) is 5.10 Å². The van der Waals surface area contributed by atoms with E-state index in [0.29, 0.717) is 10.0 Å². The summed E-state index contributed by atoms with van der Waals surface area (Å²) in [7, 11) is 0. The van der Waals surface area contributed by atoms with Crippen LogP contribution in [-0.2, 0) is 0 Å². The number of hydrazone groups is 1. The molecular formula is C21H13BrClN3O5. The van der Waals surface area contributed by atoms with Crippen molar-refractivity contribution in [3.63, 3.8) is 0 Å². The van der Waals surface area contributed by atoms with Gasteiger partial charge < -0.3 is 4.74 Å². The molecule has 3 rings (SSSR count). The Morgan fingerprint density at radius 3 is 2.61 bits per heavy atom. The van der Waals surface area contributed by atoms with E-state index < -0.39 is 16.8 Å². The van der Waals surface area contributed by atoms with E-state index in [1.807, 2.05) is 0 Å². The number of carbonyl (C=O) groups is 2. The molecule has 0 radical (unpaired) electrons. The number of amides is 1. The Kier molecular flexibility index (Phi) is 7.11. The molecule has 3 aromatic rings. The summed E-state index contributed by atoms with van der Waals surface area (Å²) in [4.78, 5) is 34.9. The minimum absolute atomic E-state index is 0.0750. The van der Waals surface area contributed by atoms with Crippen molar-refractivity contribution < 1.29 is 19.2 Å². The standard InChI is InChI=1S/C21H13BrClN3O5/c22-15-8-9-19(31-21(28)17-6-1-2-7-18(17)23)14(10-15)12-24-25-20(27)13-4-3-5-16(11-13)26(29)30/h1-12H,(H,25,27). The predicted molar refractivity (Wildman–Crippen MR) is 119 cm³/mol. The number of nitrogens with one attached hydrogen (secondary N) is 1. The second-order valence-electron chi connectivity index (χ2n) is 6.06. The lowest BCUT2D eigenvalue weighted by atomic mass is 10.2. The molecule has 0 saturated carbocycles. The van der Waals surface area contributed by atoms with Gasteiger partial charge in [0.15, 0.2) is 0 Å². The van der Waals surface area contributed by atoms with Crippen LogP contribution in [0.1, 0.15) is 26.3 Å². The van der Waals surface area contributed by atoms with Gasteiger partial charge in [-0.05, 0) is 36.4 Å². The molecule has 1 amide bonds. The fourth-order valence-corrected chi connectivity index (χ4v) is 3.07. The van der Waals surface area contributed by atoms with Crippen LogP contribution >= 0.6 is 27.5 Å². The maximum Gasteiger partial charge on any atom is 0.345 e. The molecule has 0 bridgehead atoms. The predicted octanol–water partition coefficient (Wildman–Crippen LogP) is 4.99. The van der Waals surface area contributed by atoms with Crippen LogP contribution < -0.4 is 10.2 Å². The number of non-ortho nitro benzene ring substituents is 1. The van der Waals surface area contributed by atoms with Crippen LogP contribution in [0.3, 0.4) is 0 Å². The largest absolute Gasteiger partial charge is 0.422 e. The first kappa shape index (κ1) is 22.1. The molecule has 0 aliphatic heterocycles. The molecule has 31 heavy (non-hydrogen) atoms. The molecule has 0 atom stereocenters. The quantitative estimate of drug-likeness (QED) is 0.168. The zero-order valence-electron chi connectivity index (χ0n) is 15.6. The number of nitrogens with zero attached hydrogens (tertiary/aromatic N) is 2. The summed E-state index contributed by atoms with van der Waals surface area (Å²) >= 11 is 9.36. The van der Waals surface area contributed by atoms with E-state index in [2.05, 4.69) is 26.5 Å². The molecule has 10 heteroatoms. The Hall–Kier alpha value is -3.56. The summed E-state index contributed by atoms with van der Waals surface area (Å²) in [5, 5.41) is 15.0. The van der Waals surface area contributed by atoms with Gasteiger partial charge in [-0.1, -0.05) is 45.7 Å². The average Bonchev–Trinajstić information content (AvgIpc) is 2.75. The zero-order chi connectivity index (χ0) is 22.4. The maximum atomic E-state index is 12.4. The topological polar surface area (TPSA) is 111 Å². The number of hydrogen-bond acceptors (Lipinski definition) is 6. The number of benzene rings is 3. The van der Waals surface area contributed by atoms with E-state index in [1.54, 1.807) is 36.4 Å². The van der Waals surface area contributed by atoms with Gasteiger partial charge in [-0.15, -0.1) is 0 Å². The van der Waals surface area contributed by atoms with Crippen molar-refractivity contribution in [2.75, 3.05) is 0 Å². The van der Waals surface area contributed by atoms with Gasteiger partial charge in [0, 0.05) is 27.7 Å². The summed E-state index contributed by atoms with van der Waals surface area (Å²) in [6.07, 6.45) is 1.29. The maximum absolute atomic E-state index is 12.4. The molecule has 0 aromatic heterocycles. The first-order valence-electron chi connectivity index (χ1n) is 8.69. The number of hydrogen-bond donors (Lipinski definition) is 1. The third-order valence-corrected chi connectivity index (χ3v) is 4.78. The highest BCUT2D eigenvalue weighted by atomic mass is 79.9. The van der Waals surface area contributed by atoms with Gasteiger partial charge in [-0.3, -0.25) is 14.9 Å². The van der Waals surface area contributed by atoms with Crippen molar-refractivity contribution in [2.45, 2.75) is 0 Å². The van der Waals surface area contributed by atoms with Gasteiger partial charge in [0.25, 0.3) is 11.6 Å². The van der Waals surface area contributed by atoms with Crippen molar-refractivity contribution in [3.8, 4) is 5.75 Å². The molecule has 0 aliphatic rings. The molecule has 0 heterocycles. The number of esters is 1. The Balaban J connectivity index is 1.76. The fourth-order valence-electron chi connectivity index (χ4n) is 2.48. The van der Waals surface area contributed by atoms with Crippen LogP contribution in [0.15, 0.2) is 76.3 Å². The van der Waals surface area contributed by atoms with Gasteiger partial charge in [-0.2, -0.15) is 5.10 Å². The van der Waals surface area contributed by atoms with Gasteiger partial charge in [0.2, 0.25) is 0 Å². The Labute approximate surface area is 189 Å². The number of carbonyl (C=O) groups excluding carboxylic acids is 2. The molecule has 8 nitrogen and oxygen atoms in total. The lowest BCUT2D eigenvalue weighted by molar-refractivity contribution is -0.384. The molecule has 0 unspecified atom stereocenters. The number of halogens is 2. The van der Waals surface area contributed by atoms with Crippen LogP contribution in [0.5, 0.6) is 5.75 Å². The lowest BCUT2D eigenvalue weighted by Crippen LogP contribution is -2.18. The summed E-state index contributed by atoms with van der Waals surface area (Å²) < 4.78 is 6.12. The summed E-state index contributed by atoms with van der Waals surface area (Å²) in [6.45, 7) is 0. The van der Waals surface area contributed by atoms with E-state index >= 15 is 0 Å². The average molecular weight is 503 g/mol. The molecule has 0 aliphatic carbocycles. The number of rotatable bonds is 6. The SMILES string of the molecule is O=C(NN=Cc1cc(Br)ccc1OC(=O)c1ccccc1Cl)c1cccc([N+](=O)[O-])c1. The van der Waals surface area contributed by atoms with E-state index in [1.165, 1.54) is 30.5 Å². The van der Waals surface area contributed by atoms with Crippen molar-refractivity contribution in [1.82, 2.24) is 5.43 Å². The highest BCUT2D eigenvalue weighted by molar-refractivity contribution is 9.10. The van der Waals surface area contributed by atoms with Gasteiger partial charge in [0.1, 0.15) is 5.75 Å². The van der Waals surface area contributed by atoms with E-state index in [0.717, 1.165) is 6.07 Å². The lowest BCUT2D eigenvalue weighted by Gasteiger charge is -2.09. The van der Waals surface area contributed by atoms with E-state index in [4.69, 9.17) is 16.3 Å². The summed E-state index contributed by atoms with van der Waals surface area (Å²) in [5.74, 6) is -1.09. The first-order chi connectivity index (χ1) is 14.8. The monoisotopic (exact) mass is 501 g/mol. The Morgan fingerprint density at radius 1 is 1.10 bits per heavy atom. The Bertz CT molecular complexity index is 1200. The summed E-state index contributed by atoms with van der Waals surface area (Å²) in [5.41, 5.74) is 2.75. The van der Waals surface area contributed by atoms with E-state index in [-0.39, 0.29) is 27.6 Å². The van der Waals surface area contributed by atoms with Gasteiger partial charge in [-0.25, -0.2) is 10.2 Å². The normalized spacial score (nSPS) is 10.6. The highest BCUT2D eigenvalue weighted by Crippen LogP contribution is 2.24. The van der Waals surface area contributed by atoms with Crippen LogP contribution in [-0.4, -0.2) is 23.0 Å². The molecule has 0 saturated heterocycles. The molecule has 0 spiro atoms. The Morgan fingerprint density at radius 2 is 1.87 bits per heavy atom. The third kappa shape index (κ3) is 5.74. The summed E-state index contributed by atoms with van der Waals surface area (Å²) in [6, 6.07) is 16.6. The van der Waals surface area contributed by atoms with Gasteiger partial charge in [0.05, 0.1) is 21.7 Å². The second kappa shape index (κ2) is 9.96. The minimum Gasteiger partial charge on any atom is -0.422 e. The van der Waals surface area contributed by atoms with Crippen LogP contribution in [0.2, 0.25) is 5.02 Å². The number of ether oxygens (including phenoxy) is 1. The minimum atomic E-state index is -0.650. The fraction of sp³-hybridized carbons (Fsp3) is 0. The van der Waals surface area contributed by atoms with Crippen LogP contribution in [0.25, 0.3) is 0 Å². The van der Waals surface area contributed by atoms with Crippen LogP contribution in [0.4, 0.5) is 5.69 Å². The second-order valence-corrected chi connectivity index (χ2v) is 7.38. The molecular weight excluding hydrogens is 490 g/mol. The van der Waals surface area contributed by atoms with Crippen molar-refractivity contribution in [3.05, 3.63) is 103 Å². The smallest absolute Gasteiger partial charge is 0.345 e. The molecule has 3 aromatic carbocycles. The third-order valence-electron chi connectivity index (χ3n) is 3.96. The van der Waals surface area contributed by atoms with E-state index in [9.17, 15) is 19.7 Å². The van der Waals surface area contributed by atoms with Crippen LogP contribution in [0, 0.1) is 10.1 Å². The molecule has 1 N–H and O–H groups in total. The van der Waals surface area contributed by atoms with Crippen molar-refractivity contribution >= 4 is 51.3 Å². The number of nitro groups is 1. The zero-order valence-corrected chi connectivity index (χ0v) is 18.0. The highest BCUT2D eigenvalue weighted by Gasteiger charge is 2.15. The first-order valence-corrected chi connectivity index (χ1v) is 9.86. The van der Waals surface area contributed by atoms with Gasteiger partial charge >= 0.3 is 5.97 Å². The van der Waals surface area contributed by atoms with Crippen molar-refractivity contribution in [1.29, 1.82) is 0 Å².